The van der Waals surface area contributed by atoms with Gasteiger partial charge in [0.05, 0.1) is 51.2 Å². The second kappa shape index (κ2) is 9.79. The number of carbonyl (C=O) groups is 4. The average Bonchev–Trinajstić information content (AvgIpc) is 3.68. The lowest BCUT2D eigenvalue weighted by molar-refractivity contribution is -0.144. The molecule has 1 aromatic heterocycles. The van der Waals surface area contributed by atoms with Crippen molar-refractivity contribution in [2.75, 3.05) is 32.8 Å². The second-order valence-electron chi connectivity index (χ2n) is 9.02. The van der Waals surface area contributed by atoms with Gasteiger partial charge < -0.3 is 23.5 Å². The molecule has 4 heterocycles. The number of anilines is 1. The molecule has 3 atom stereocenters. The molecule has 11 heteroatoms. The number of furan rings is 1. The Morgan fingerprint density at radius 1 is 1.05 bits per heavy atom. The summed E-state index contributed by atoms with van der Waals surface area (Å²) in [5.41, 5.74) is -0.195. The molecule has 0 N–H and O–H groups in total. The van der Waals surface area contributed by atoms with E-state index in [0.717, 1.165) is 7.11 Å². The first-order chi connectivity index (χ1) is 18.8. The third kappa shape index (κ3) is 3.63. The molecule has 1 spiro atoms. The maximum atomic E-state index is 13.8. The van der Waals surface area contributed by atoms with Crippen molar-refractivity contribution in [2.45, 2.75) is 30.8 Å². The van der Waals surface area contributed by atoms with Crippen molar-refractivity contribution in [2.24, 2.45) is 4.99 Å². The van der Waals surface area contributed by atoms with Gasteiger partial charge in [-0.1, -0.05) is 24.1 Å². The van der Waals surface area contributed by atoms with Crippen molar-refractivity contribution in [3.8, 4) is 11.8 Å². The van der Waals surface area contributed by atoms with Gasteiger partial charge in [0, 0.05) is 5.69 Å². The molecule has 3 aliphatic heterocycles. The molecule has 3 aliphatic rings. The number of hydrogen-bond acceptors (Lipinski definition) is 10. The van der Waals surface area contributed by atoms with Gasteiger partial charge in [-0.15, -0.1) is 5.92 Å². The number of methoxy groups -OCH3 is 3. The summed E-state index contributed by atoms with van der Waals surface area (Å²) in [5, 5.41) is 0. The van der Waals surface area contributed by atoms with Gasteiger partial charge in [-0.3, -0.25) is 9.69 Å². The molecule has 1 fully saturated rings. The zero-order valence-electron chi connectivity index (χ0n) is 21.7. The van der Waals surface area contributed by atoms with Crippen molar-refractivity contribution in [3.05, 3.63) is 65.3 Å². The summed E-state index contributed by atoms with van der Waals surface area (Å²) in [6.45, 7) is 1.87. The number of aliphatic imine (C=N–C) groups is 1. The van der Waals surface area contributed by atoms with Crippen LogP contribution in [0, 0.1) is 11.8 Å². The SMILES string of the molecule is CC#CCN1c2ccccc2[C@]23CC(C(=O)OC)N(C(=O)c4ccco4)C2=NC(C(=O)OC)=C(C(=O)OC)C13. The molecule has 2 unspecified atom stereocenters. The predicted molar refractivity (Wildman–Crippen MR) is 136 cm³/mol. The fourth-order valence-corrected chi connectivity index (χ4v) is 5.81. The molecule has 200 valence electrons. The van der Waals surface area contributed by atoms with Crippen LogP contribution in [0.5, 0.6) is 0 Å². The quantitative estimate of drug-likeness (QED) is 0.322. The highest BCUT2D eigenvalue weighted by Gasteiger charge is 2.68. The highest BCUT2D eigenvalue weighted by atomic mass is 16.5. The number of ether oxygens (including phenoxy) is 3. The number of carbonyl (C=O) groups excluding carboxylic acids is 4. The minimum Gasteiger partial charge on any atom is -0.467 e. The molecule has 1 amide bonds. The van der Waals surface area contributed by atoms with Crippen LogP contribution in [0.1, 0.15) is 29.5 Å². The number of para-hydroxylation sites is 1. The molecule has 2 aromatic rings. The Hall–Kier alpha value is -4.85. The summed E-state index contributed by atoms with van der Waals surface area (Å²) < 4.78 is 20.6. The van der Waals surface area contributed by atoms with Crippen LogP contribution in [-0.2, 0) is 34.0 Å². The summed E-state index contributed by atoms with van der Waals surface area (Å²) in [4.78, 5) is 61.2. The van der Waals surface area contributed by atoms with Crippen molar-refractivity contribution in [1.82, 2.24) is 4.90 Å². The molecule has 11 nitrogen and oxygen atoms in total. The van der Waals surface area contributed by atoms with E-state index >= 15 is 0 Å². The van der Waals surface area contributed by atoms with Crippen LogP contribution < -0.4 is 4.90 Å². The highest BCUT2D eigenvalue weighted by Crippen LogP contribution is 2.57. The largest absolute Gasteiger partial charge is 0.467 e. The molecule has 1 aromatic carbocycles. The standard InChI is InChI=1S/C28H25N3O8/c1-5-6-13-30-17-11-8-7-10-16(17)28-15-18(24(33)36-2)31(23(32)19-12-9-14-39-19)27(28)29-21(26(35)38-4)20(22(28)30)25(34)37-3/h7-12,14,18,22H,13,15H2,1-4H3/t18?,22?,28-/m0/s1. The van der Waals surface area contributed by atoms with Gasteiger partial charge in [0.15, 0.2) is 11.5 Å². The van der Waals surface area contributed by atoms with Gasteiger partial charge in [0.2, 0.25) is 0 Å². The number of benzene rings is 1. The van der Waals surface area contributed by atoms with Crippen LogP contribution in [-0.4, -0.2) is 74.5 Å². The lowest BCUT2D eigenvalue weighted by Gasteiger charge is -2.40. The molecule has 1 saturated heterocycles. The maximum absolute atomic E-state index is 13.8. The number of amidine groups is 1. The number of fused-ring (bicyclic) bond motifs is 1. The van der Waals surface area contributed by atoms with Crippen molar-refractivity contribution in [1.29, 1.82) is 0 Å². The highest BCUT2D eigenvalue weighted by molar-refractivity contribution is 6.19. The Morgan fingerprint density at radius 3 is 2.44 bits per heavy atom. The van der Waals surface area contributed by atoms with E-state index in [-0.39, 0.29) is 35.8 Å². The molecular formula is C28H25N3O8. The molecule has 0 aliphatic carbocycles. The monoisotopic (exact) mass is 531 g/mol. The Bertz CT molecular complexity index is 1500. The third-order valence-electron chi connectivity index (χ3n) is 7.31. The van der Waals surface area contributed by atoms with E-state index in [9.17, 15) is 19.2 Å². The van der Waals surface area contributed by atoms with Crippen LogP contribution >= 0.6 is 0 Å². The molecule has 39 heavy (non-hydrogen) atoms. The van der Waals surface area contributed by atoms with Crippen molar-refractivity contribution in [3.63, 3.8) is 0 Å². The number of nitrogens with zero attached hydrogens (tertiary/aromatic N) is 3. The van der Waals surface area contributed by atoms with Crippen molar-refractivity contribution < 1.29 is 37.8 Å². The predicted octanol–water partition coefficient (Wildman–Crippen LogP) is 1.83. The van der Waals surface area contributed by atoms with Gasteiger partial charge in [-0.25, -0.2) is 19.4 Å². The first-order valence-corrected chi connectivity index (χ1v) is 12.1. The zero-order valence-corrected chi connectivity index (χ0v) is 21.7. The van der Waals surface area contributed by atoms with E-state index in [2.05, 4.69) is 16.8 Å². The van der Waals surface area contributed by atoms with Gasteiger partial charge in [0.25, 0.3) is 5.91 Å². The summed E-state index contributed by atoms with van der Waals surface area (Å²) in [6.07, 6.45) is 1.35. The lowest BCUT2D eigenvalue weighted by Crippen LogP contribution is -2.56. The van der Waals surface area contributed by atoms with E-state index < -0.39 is 41.3 Å². The van der Waals surface area contributed by atoms with Gasteiger partial charge in [0.1, 0.15) is 11.9 Å². The molecule has 0 radical (unpaired) electrons. The van der Waals surface area contributed by atoms with Crippen LogP contribution in [0.15, 0.2) is 63.3 Å². The van der Waals surface area contributed by atoms with Crippen LogP contribution in [0.25, 0.3) is 0 Å². The molecule has 5 rings (SSSR count). The van der Waals surface area contributed by atoms with Gasteiger partial charge in [-0.2, -0.15) is 0 Å². The average molecular weight is 532 g/mol. The van der Waals surface area contributed by atoms with Crippen LogP contribution in [0.4, 0.5) is 5.69 Å². The van der Waals surface area contributed by atoms with Gasteiger partial charge >= 0.3 is 17.9 Å². The van der Waals surface area contributed by atoms with Gasteiger partial charge in [-0.05, 0) is 37.1 Å². The van der Waals surface area contributed by atoms with Crippen LogP contribution in [0.3, 0.4) is 0 Å². The molecule has 0 bridgehead atoms. The third-order valence-corrected chi connectivity index (χ3v) is 7.31. The maximum Gasteiger partial charge on any atom is 0.357 e. The Kier molecular flexibility index (Phi) is 6.48. The zero-order chi connectivity index (χ0) is 27.9. The lowest BCUT2D eigenvalue weighted by atomic mass is 9.69. The number of hydrogen-bond donors (Lipinski definition) is 0. The molecule has 0 saturated carbocycles. The summed E-state index contributed by atoms with van der Waals surface area (Å²) >= 11 is 0. The first kappa shape index (κ1) is 25.8. The Balaban J connectivity index is 1.87. The number of esters is 3. The van der Waals surface area contributed by atoms with E-state index in [0.29, 0.717) is 11.3 Å². The summed E-state index contributed by atoms with van der Waals surface area (Å²) in [5.74, 6) is 2.91. The first-order valence-electron chi connectivity index (χ1n) is 12.1. The van der Waals surface area contributed by atoms with E-state index in [1.165, 1.54) is 31.4 Å². The van der Waals surface area contributed by atoms with E-state index in [4.69, 9.17) is 18.6 Å². The van der Waals surface area contributed by atoms with E-state index in [1.807, 2.05) is 29.2 Å². The molecular weight excluding hydrogens is 506 g/mol. The minimum atomic E-state index is -1.23. The fraction of sp³-hybridized carbons (Fsp3) is 0.321. The second-order valence-corrected chi connectivity index (χ2v) is 9.02. The fourth-order valence-electron chi connectivity index (χ4n) is 5.81. The number of rotatable bonds is 5. The van der Waals surface area contributed by atoms with E-state index in [1.54, 1.807) is 13.0 Å². The van der Waals surface area contributed by atoms with Crippen molar-refractivity contribution >= 4 is 35.3 Å². The Morgan fingerprint density at radius 2 is 1.79 bits per heavy atom. The Labute approximate surface area is 224 Å². The number of amides is 1. The normalized spacial score (nSPS) is 22.6. The van der Waals surface area contributed by atoms with Crippen LogP contribution in [0.2, 0.25) is 0 Å². The smallest absolute Gasteiger partial charge is 0.357 e. The summed E-state index contributed by atoms with van der Waals surface area (Å²) in [7, 11) is 3.58. The minimum absolute atomic E-state index is 0.0115. The topological polar surface area (TPSA) is 128 Å². The number of likely N-dealkylation sites (tertiary alicyclic amines) is 1. The summed E-state index contributed by atoms with van der Waals surface area (Å²) in [6, 6.07) is 8.31.